The molecule has 4 saturated heterocycles. The summed E-state index contributed by atoms with van der Waals surface area (Å²) in [6, 6.07) is -7.15. The number of halogens is 2. The molecule has 5 heterocycles. The summed E-state index contributed by atoms with van der Waals surface area (Å²) in [6.07, 6.45) is 0.948. The molecule has 4 fully saturated rings. The molecule has 4 aliphatic rings. The minimum Gasteiger partial charge on any atom is -0.458 e. The van der Waals surface area contributed by atoms with Gasteiger partial charge in [-0.3, -0.25) is 28.5 Å². The van der Waals surface area contributed by atoms with Crippen molar-refractivity contribution in [3.05, 3.63) is 54.1 Å². The summed E-state index contributed by atoms with van der Waals surface area (Å²) in [6.45, 7) is 4.04. The molecule has 0 saturated carbocycles. The van der Waals surface area contributed by atoms with Crippen molar-refractivity contribution >= 4 is 55.0 Å². The van der Waals surface area contributed by atoms with Crippen LogP contribution in [0.15, 0.2) is 36.9 Å². The maximum absolute atomic E-state index is 14.9. The normalized spacial score (nSPS) is 28.0. The van der Waals surface area contributed by atoms with Crippen molar-refractivity contribution in [1.29, 1.82) is 0 Å². The molecule has 0 bridgehead atoms. The quantitative estimate of drug-likeness (QED) is 0.152. The zero-order valence-electron chi connectivity index (χ0n) is 33.9. The average molecular weight is 892 g/mol. The lowest BCUT2D eigenvalue weighted by atomic mass is 9.98. The molecule has 62 heavy (non-hydrogen) atoms. The van der Waals surface area contributed by atoms with E-state index >= 15 is 0 Å². The van der Waals surface area contributed by atoms with E-state index in [0.29, 0.717) is 18.9 Å². The molecule has 4 aliphatic heterocycles. The number of phosphoric ester groups is 1. The fourth-order valence-corrected chi connectivity index (χ4v) is 8.88. The zero-order chi connectivity index (χ0) is 45.0. The van der Waals surface area contributed by atoms with Gasteiger partial charge in [0, 0.05) is 38.5 Å². The molecule has 0 radical (unpaired) electrons. The Bertz CT molecular complexity index is 2100. The lowest BCUT2D eigenvalue weighted by molar-refractivity contribution is -0.163. The van der Waals surface area contributed by atoms with Gasteiger partial charge in [0.25, 0.3) is 0 Å². The van der Waals surface area contributed by atoms with E-state index < -0.39 is 129 Å². The fourth-order valence-electron chi connectivity index (χ4n) is 8.34. The number of nitrogens with one attached hydrogen (secondary N) is 4. The van der Waals surface area contributed by atoms with Crippen molar-refractivity contribution in [2.45, 2.75) is 108 Å². The Morgan fingerprint density at radius 2 is 1.60 bits per heavy atom. The Hall–Kier alpha value is -5.64. The monoisotopic (exact) mass is 891 g/mol. The Labute approximate surface area is 353 Å². The highest BCUT2D eigenvalue weighted by atomic mass is 31.2. The van der Waals surface area contributed by atoms with Crippen molar-refractivity contribution in [1.82, 2.24) is 40.6 Å². The molecule has 21 nitrogen and oxygen atoms in total. The lowest BCUT2D eigenvalue weighted by Crippen LogP contribution is -2.63. The molecular weight excluding hydrogens is 843 g/mol. The summed E-state index contributed by atoms with van der Waals surface area (Å²) < 4.78 is 51.5. The van der Waals surface area contributed by atoms with Crippen LogP contribution in [0.2, 0.25) is 0 Å². The van der Waals surface area contributed by atoms with Crippen LogP contribution in [0.5, 0.6) is 0 Å². The van der Waals surface area contributed by atoms with Crippen molar-refractivity contribution in [2.24, 2.45) is 5.92 Å². The van der Waals surface area contributed by atoms with Crippen molar-refractivity contribution < 1.29 is 66.0 Å². The van der Waals surface area contributed by atoms with Gasteiger partial charge in [-0.15, -0.1) is 0 Å². The molecule has 24 heteroatoms. The topological polar surface area (TPSA) is 279 Å². The molecule has 0 unspecified atom stereocenters. The first-order valence-electron chi connectivity index (χ1n) is 20.0. The number of cyclic esters (lactones) is 1. The summed E-state index contributed by atoms with van der Waals surface area (Å²) in [5, 5.41) is 9.95. The second kappa shape index (κ2) is 19.2. The number of phosphoric acid groups is 1. The van der Waals surface area contributed by atoms with Crippen LogP contribution in [0.4, 0.5) is 19.3 Å². The van der Waals surface area contributed by atoms with Crippen LogP contribution >= 0.6 is 7.82 Å². The number of rotatable bonds is 8. The predicted octanol–water partition coefficient (Wildman–Crippen LogP) is 0.119. The maximum atomic E-state index is 14.9. The summed E-state index contributed by atoms with van der Waals surface area (Å²) >= 11 is 0. The number of ether oxygens (including phenoxy) is 1. The number of aromatic nitrogens is 2. The van der Waals surface area contributed by atoms with E-state index in [1.54, 1.807) is 6.92 Å². The second-order valence-electron chi connectivity index (χ2n) is 16.0. The number of hydrogen-bond donors (Lipinski definition) is 6. The molecule has 6 rings (SSSR count). The van der Waals surface area contributed by atoms with Crippen molar-refractivity contribution in [2.75, 3.05) is 25.0 Å². The van der Waals surface area contributed by atoms with E-state index in [0.717, 1.165) is 17.0 Å². The minimum atomic E-state index is -5.21. The van der Waals surface area contributed by atoms with Crippen LogP contribution in [0.25, 0.3) is 0 Å². The minimum absolute atomic E-state index is 0.0485. The largest absolute Gasteiger partial charge is 0.469 e. The standard InChI is InChI=1S/C38H48F2N9O12P/c1-19-8-30-37(55)60-21(3)31(46-32(50)27(11-22-9-23(39)12-24(40)10-22)45-38(56)44-25-14-41-18-42-15-25)36(54)49-17-26(61-62(57,58)59)13-29(49)35(53)47-7-5-4-6-28(47)33(51)43-20(2)34(52)48(30)16-19/h9-10,12,14-15,18-21,26-31H,4-8,11,13,16-17H2,1-3H3,(H,43,51)(H,46,50)(H2,44,45,56)(H2,57,58,59)/t19-,20+,21+,26-,27+,28+,29+,30+,31+/m1/s1. The summed E-state index contributed by atoms with van der Waals surface area (Å²) in [7, 11) is -5.21. The molecule has 1 aromatic heterocycles. The first-order valence-corrected chi connectivity index (χ1v) is 21.5. The van der Waals surface area contributed by atoms with Gasteiger partial charge >= 0.3 is 19.8 Å². The van der Waals surface area contributed by atoms with Gasteiger partial charge in [-0.2, -0.15) is 0 Å². The number of benzene rings is 1. The highest BCUT2D eigenvalue weighted by Crippen LogP contribution is 2.41. The maximum Gasteiger partial charge on any atom is 0.469 e. The third kappa shape index (κ3) is 11.0. The fraction of sp³-hybridized carbons (Fsp3) is 0.553. The van der Waals surface area contributed by atoms with Gasteiger partial charge < -0.3 is 50.5 Å². The smallest absolute Gasteiger partial charge is 0.458 e. The Balaban J connectivity index is 1.39. The van der Waals surface area contributed by atoms with Gasteiger partial charge in [0.05, 0.1) is 24.2 Å². The highest BCUT2D eigenvalue weighted by molar-refractivity contribution is 7.46. The molecule has 2 aromatic rings. The molecule has 7 amide bonds. The number of hydrogen-bond acceptors (Lipinski definition) is 12. The number of fused-ring (bicyclic) bond motifs is 3. The van der Waals surface area contributed by atoms with Gasteiger partial charge in [-0.1, -0.05) is 6.92 Å². The first kappa shape index (κ1) is 45.9. The average Bonchev–Trinajstić information content (AvgIpc) is 3.81. The van der Waals surface area contributed by atoms with E-state index in [1.807, 2.05) is 0 Å². The number of anilines is 1. The summed E-state index contributed by atoms with van der Waals surface area (Å²) in [4.78, 5) is 129. The van der Waals surface area contributed by atoms with Crippen LogP contribution in [-0.4, -0.2) is 144 Å². The van der Waals surface area contributed by atoms with Gasteiger partial charge in [-0.25, -0.2) is 32.9 Å². The Morgan fingerprint density at radius 1 is 0.919 bits per heavy atom. The van der Waals surface area contributed by atoms with Crippen molar-refractivity contribution in [3.63, 3.8) is 0 Å². The summed E-state index contributed by atoms with van der Waals surface area (Å²) in [5.74, 6) is -7.47. The van der Waals surface area contributed by atoms with Crippen LogP contribution in [0.3, 0.4) is 0 Å². The molecule has 0 spiro atoms. The Kier molecular flexibility index (Phi) is 14.2. The number of carbonyl (C=O) groups excluding carboxylic acids is 7. The molecule has 336 valence electrons. The van der Waals surface area contributed by atoms with E-state index in [1.165, 1.54) is 42.4 Å². The molecule has 9 atom stereocenters. The van der Waals surface area contributed by atoms with E-state index in [9.17, 15) is 56.7 Å². The van der Waals surface area contributed by atoms with E-state index in [2.05, 4.69) is 31.2 Å². The SMILES string of the molecule is C[C@@H]1C[C@H]2C(=O)O[C@@H](C)[C@H](NC(=O)[C@H](Cc3cc(F)cc(F)c3)NC(=O)Nc3cncnc3)C(=O)N3C[C@H](OP(=O)(O)O)C[C@H]3C(=O)N3CCCC[C@H]3C(=O)N[C@@H](C)C(=O)N2C1. The molecular formula is C38H48F2N9O12P. The molecule has 1 aromatic carbocycles. The predicted molar refractivity (Wildman–Crippen MR) is 209 cm³/mol. The number of urea groups is 1. The van der Waals surface area contributed by atoms with Gasteiger partial charge in [0.2, 0.25) is 29.5 Å². The Morgan fingerprint density at radius 3 is 2.27 bits per heavy atom. The number of esters is 1. The lowest BCUT2D eigenvalue weighted by Gasteiger charge is -2.39. The van der Waals surface area contributed by atoms with E-state index in [-0.39, 0.29) is 43.1 Å². The number of amides is 7. The highest BCUT2D eigenvalue weighted by Gasteiger charge is 2.50. The van der Waals surface area contributed by atoms with Gasteiger partial charge in [-0.05, 0) is 63.1 Å². The van der Waals surface area contributed by atoms with Crippen LogP contribution < -0.4 is 21.3 Å². The van der Waals surface area contributed by atoms with Crippen LogP contribution in [-0.2, 0) is 49.0 Å². The number of nitrogens with zero attached hydrogens (tertiary/aromatic N) is 5. The van der Waals surface area contributed by atoms with Crippen LogP contribution in [0.1, 0.15) is 58.4 Å². The zero-order valence-corrected chi connectivity index (χ0v) is 34.8. The second-order valence-corrected chi connectivity index (χ2v) is 17.2. The van der Waals surface area contributed by atoms with Crippen LogP contribution in [0, 0.1) is 17.6 Å². The number of piperidine rings is 1. The first-order chi connectivity index (χ1) is 29.3. The third-order valence-electron chi connectivity index (χ3n) is 11.1. The molecule has 0 aliphatic carbocycles. The van der Waals surface area contributed by atoms with Crippen molar-refractivity contribution in [3.8, 4) is 0 Å². The third-order valence-corrected chi connectivity index (χ3v) is 11.7. The number of carbonyl (C=O) groups is 7. The van der Waals surface area contributed by atoms with Gasteiger partial charge in [0.15, 0.2) is 0 Å². The van der Waals surface area contributed by atoms with E-state index in [4.69, 9.17) is 9.26 Å². The molecule has 6 N–H and O–H groups in total. The van der Waals surface area contributed by atoms with Gasteiger partial charge in [0.1, 0.15) is 60.3 Å². The summed E-state index contributed by atoms with van der Waals surface area (Å²) in [5.41, 5.74) is 0.00878.